The van der Waals surface area contributed by atoms with Gasteiger partial charge in [0.15, 0.2) is 11.5 Å². The normalized spacial score (nSPS) is 14.1. The van der Waals surface area contributed by atoms with Crippen LogP contribution in [0.4, 0.5) is 0 Å². The quantitative estimate of drug-likeness (QED) is 0.729. The van der Waals surface area contributed by atoms with Gasteiger partial charge in [0.2, 0.25) is 0 Å². The molecule has 1 aliphatic heterocycles. The Morgan fingerprint density at radius 1 is 1.11 bits per heavy atom. The third kappa shape index (κ3) is 4.64. The second-order valence-corrected chi connectivity index (χ2v) is 7.08. The minimum absolute atomic E-state index is 0.180. The first-order valence-corrected chi connectivity index (χ1v) is 9.68. The number of nitrogens with zero attached hydrogens (tertiary/aromatic N) is 1. The largest absolute Gasteiger partial charge is 0.493 e. The van der Waals surface area contributed by atoms with Gasteiger partial charge in [0, 0.05) is 28.2 Å². The summed E-state index contributed by atoms with van der Waals surface area (Å²) in [6, 6.07) is 12.8. The molecule has 0 saturated heterocycles. The zero-order valence-electron chi connectivity index (χ0n) is 15.7. The Morgan fingerprint density at radius 3 is 2.68 bits per heavy atom. The number of ether oxygens (including phenoxy) is 2. The molecular formula is C20H21N3O4S. The van der Waals surface area contributed by atoms with Crippen LogP contribution < -0.4 is 20.2 Å². The number of methoxy groups -OCH3 is 2. The van der Waals surface area contributed by atoms with E-state index in [1.165, 1.54) is 14.2 Å². The predicted octanol–water partition coefficient (Wildman–Crippen LogP) is 2.45. The fourth-order valence-corrected chi connectivity index (χ4v) is 3.78. The number of fused-ring (bicyclic) bond motifs is 1. The van der Waals surface area contributed by atoms with Crippen molar-refractivity contribution in [3.63, 3.8) is 0 Å². The number of rotatable bonds is 6. The molecule has 1 aliphatic rings. The number of hydrazone groups is 1. The van der Waals surface area contributed by atoms with Gasteiger partial charge in [0.05, 0.1) is 26.5 Å². The van der Waals surface area contributed by atoms with E-state index in [0.717, 1.165) is 28.3 Å². The van der Waals surface area contributed by atoms with Gasteiger partial charge >= 0.3 is 0 Å². The van der Waals surface area contributed by atoms with Crippen LogP contribution in [0.5, 0.6) is 11.5 Å². The van der Waals surface area contributed by atoms with Crippen LogP contribution in [-0.2, 0) is 4.79 Å². The van der Waals surface area contributed by atoms with Gasteiger partial charge in [0.25, 0.3) is 11.8 Å². The van der Waals surface area contributed by atoms with Gasteiger partial charge in [-0.15, -0.1) is 11.8 Å². The molecule has 0 bridgehead atoms. The molecule has 0 fully saturated rings. The lowest BCUT2D eigenvalue weighted by molar-refractivity contribution is -0.120. The lowest BCUT2D eigenvalue weighted by Gasteiger charge is -2.16. The number of hydrogen-bond donors (Lipinski definition) is 2. The predicted molar refractivity (Wildman–Crippen MR) is 108 cm³/mol. The molecule has 146 valence electrons. The van der Waals surface area contributed by atoms with E-state index in [1.54, 1.807) is 30.0 Å². The highest BCUT2D eigenvalue weighted by Crippen LogP contribution is 2.30. The average Bonchev–Trinajstić information content (AvgIpc) is 2.75. The highest BCUT2D eigenvalue weighted by atomic mass is 32.2. The standard InChI is InChI=1S/C20H21N3O4S/c1-26-16-8-7-13(11-17(16)27-2)20(25)21-12-19(24)23-22-15-9-10-28-18-6-4-3-5-14(15)18/h3-8,11H,9-10,12H2,1-2H3,(H,21,25)(H,23,24)/b22-15+. The number of nitrogens with one attached hydrogen (secondary N) is 2. The van der Waals surface area contributed by atoms with Crippen molar-refractivity contribution < 1.29 is 19.1 Å². The van der Waals surface area contributed by atoms with E-state index in [0.29, 0.717) is 17.1 Å². The second-order valence-electron chi connectivity index (χ2n) is 5.94. The zero-order valence-corrected chi connectivity index (χ0v) is 16.5. The monoisotopic (exact) mass is 399 g/mol. The molecule has 0 radical (unpaired) electrons. The maximum Gasteiger partial charge on any atom is 0.259 e. The number of carbonyl (C=O) groups excluding carboxylic acids is 2. The molecule has 0 unspecified atom stereocenters. The minimum Gasteiger partial charge on any atom is -0.493 e. The van der Waals surface area contributed by atoms with Crippen molar-refractivity contribution in [1.29, 1.82) is 0 Å². The van der Waals surface area contributed by atoms with Crippen molar-refractivity contribution in [2.75, 3.05) is 26.5 Å². The highest BCUT2D eigenvalue weighted by molar-refractivity contribution is 7.99. The molecule has 0 aliphatic carbocycles. The molecule has 3 rings (SSSR count). The molecule has 7 nitrogen and oxygen atoms in total. The molecule has 28 heavy (non-hydrogen) atoms. The summed E-state index contributed by atoms with van der Waals surface area (Å²) in [5.74, 6) is 1.11. The lowest BCUT2D eigenvalue weighted by Crippen LogP contribution is -2.35. The minimum atomic E-state index is -0.392. The number of thioether (sulfide) groups is 1. The number of benzene rings is 2. The summed E-state index contributed by atoms with van der Waals surface area (Å²) in [4.78, 5) is 25.5. The number of amides is 2. The summed E-state index contributed by atoms with van der Waals surface area (Å²) in [6.07, 6.45) is 0.778. The van der Waals surface area contributed by atoms with Gasteiger partial charge in [-0.25, -0.2) is 5.43 Å². The first-order valence-electron chi connectivity index (χ1n) is 8.70. The molecular weight excluding hydrogens is 378 g/mol. The first-order chi connectivity index (χ1) is 13.6. The van der Waals surface area contributed by atoms with Gasteiger partial charge in [-0.1, -0.05) is 18.2 Å². The zero-order chi connectivity index (χ0) is 19.9. The Hall–Kier alpha value is -3.00. The fourth-order valence-electron chi connectivity index (χ4n) is 2.75. The van der Waals surface area contributed by atoms with Crippen molar-refractivity contribution in [3.8, 4) is 11.5 Å². The van der Waals surface area contributed by atoms with Gasteiger partial charge in [-0.05, 0) is 24.3 Å². The Bertz CT molecular complexity index is 914. The molecule has 0 aromatic heterocycles. The molecule has 2 aromatic rings. The summed E-state index contributed by atoms with van der Waals surface area (Å²) in [5, 5.41) is 6.81. The van der Waals surface area contributed by atoms with Crippen LogP contribution in [0.15, 0.2) is 52.5 Å². The maximum absolute atomic E-state index is 12.3. The summed E-state index contributed by atoms with van der Waals surface area (Å²) in [5.41, 5.74) is 4.77. The van der Waals surface area contributed by atoms with Crippen LogP contribution in [-0.4, -0.2) is 44.0 Å². The third-order valence-electron chi connectivity index (χ3n) is 4.17. The van der Waals surface area contributed by atoms with E-state index in [-0.39, 0.29) is 12.5 Å². The molecule has 2 N–H and O–H groups in total. The molecule has 0 saturated carbocycles. The number of carbonyl (C=O) groups is 2. The van der Waals surface area contributed by atoms with Gasteiger partial charge in [0.1, 0.15) is 0 Å². The molecule has 1 heterocycles. The highest BCUT2D eigenvalue weighted by Gasteiger charge is 2.16. The summed E-state index contributed by atoms with van der Waals surface area (Å²) < 4.78 is 10.3. The van der Waals surface area contributed by atoms with Crippen molar-refractivity contribution >= 4 is 29.3 Å². The van der Waals surface area contributed by atoms with Crippen molar-refractivity contribution in [2.24, 2.45) is 5.10 Å². The maximum atomic E-state index is 12.3. The summed E-state index contributed by atoms with van der Waals surface area (Å²) >= 11 is 1.77. The molecule has 2 amide bonds. The Labute approximate surface area is 167 Å². The van der Waals surface area contributed by atoms with Gasteiger partial charge in [-0.3, -0.25) is 9.59 Å². The molecule has 0 atom stereocenters. The van der Waals surface area contributed by atoms with Crippen molar-refractivity contribution in [1.82, 2.24) is 10.7 Å². The molecule has 0 spiro atoms. The first kappa shape index (κ1) is 19.8. The number of hydrogen-bond acceptors (Lipinski definition) is 6. The molecule has 8 heteroatoms. The Balaban J connectivity index is 1.57. The SMILES string of the molecule is COc1ccc(C(=O)NCC(=O)N/N=C2\CCSc3ccccc32)cc1OC. The second kappa shape index (κ2) is 9.27. The third-order valence-corrected chi connectivity index (χ3v) is 5.24. The van der Waals surface area contributed by atoms with E-state index >= 15 is 0 Å². The van der Waals surface area contributed by atoms with E-state index < -0.39 is 5.91 Å². The summed E-state index contributed by atoms with van der Waals surface area (Å²) in [7, 11) is 3.01. The molecule has 2 aromatic carbocycles. The fraction of sp³-hybridized carbons (Fsp3) is 0.250. The van der Waals surface area contributed by atoms with Crippen molar-refractivity contribution in [3.05, 3.63) is 53.6 Å². The van der Waals surface area contributed by atoms with Crippen LogP contribution in [0.2, 0.25) is 0 Å². The Morgan fingerprint density at radius 2 is 1.89 bits per heavy atom. The topological polar surface area (TPSA) is 89.0 Å². The van der Waals surface area contributed by atoms with Gasteiger partial charge < -0.3 is 14.8 Å². The van der Waals surface area contributed by atoms with E-state index in [9.17, 15) is 9.59 Å². The van der Waals surface area contributed by atoms with Crippen LogP contribution in [0.25, 0.3) is 0 Å². The van der Waals surface area contributed by atoms with E-state index in [1.807, 2.05) is 24.3 Å². The summed E-state index contributed by atoms with van der Waals surface area (Å²) in [6.45, 7) is -0.180. The average molecular weight is 399 g/mol. The van der Waals surface area contributed by atoms with Crippen LogP contribution in [0.1, 0.15) is 22.3 Å². The van der Waals surface area contributed by atoms with Crippen molar-refractivity contribution in [2.45, 2.75) is 11.3 Å². The van der Waals surface area contributed by atoms with Crippen LogP contribution in [0, 0.1) is 0 Å². The van der Waals surface area contributed by atoms with Gasteiger partial charge in [-0.2, -0.15) is 5.10 Å². The van der Waals surface area contributed by atoms with E-state index in [4.69, 9.17) is 9.47 Å². The lowest BCUT2D eigenvalue weighted by atomic mass is 10.1. The van der Waals surface area contributed by atoms with E-state index in [2.05, 4.69) is 15.8 Å². The smallest absolute Gasteiger partial charge is 0.259 e. The van der Waals surface area contributed by atoms with Crippen LogP contribution >= 0.6 is 11.8 Å². The Kier molecular flexibility index (Phi) is 6.54. The van der Waals surface area contributed by atoms with Crippen LogP contribution in [0.3, 0.4) is 0 Å².